The molecule has 2 aromatic heterocycles. The number of fused-ring (bicyclic) bond motifs is 3. The van der Waals surface area contributed by atoms with E-state index in [9.17, 15) is 9.65 Å². The standard InChI is InChI=1S/C38H26FN2O/c1-24-8-18-32-33-19-17-30(23-40)36(38(33)42-37(32)35(24)34-22-31(39)20-21-41(34)2)29-15-13-28(14-16-29)27-11-9-26(10-12-27)25-6-4-3-5-7-25/h3-22H,1-2H3/q+1. The van der Waals surface area contributed by atoms with Crippen LogP contribution in [0.25, 0.3) is 66.6 Å². The normalized spacial score (nSPS) is 11.2. The number of nitrogens with zero attached hydrogens (tertiary/aromatic N) is 2. The van der Waals surface area contributed by atoms with Crippen LogP contribution in [0.2, 0.25) is 0 Å². The highest BCUT2D eigenvalue weighted by Gasteiger charge is 2.23. The smallest absolute Gasteiger partial charge is 0.219 e. The van der Waals surface area contributed by atoms with E-state index in [0.717, 1.165) is 49.8 Å². The molecule has 4 heteroatoms. The number of furan rings is 1. The Morgan fingerprint density at radius 2 is 1.19 bits per heavy atom. The van der Waals surface area contributed by atoms with E-state index in [1.54, 1.807) is 6.20 Å². The molecule has 0 aliphatic carbocycles. The van der Waals surface area contributed by atoms with Crippen LogP contribution in [0.15, 0.2) is 126 Å². The number of aromatic nitrogens is 1. The molecule has 0 bridgehead atoms. The average molecular weight is 546 g/mol. The van der Waals surface area contributed by atoms with E-state index < -0.39 is 0 Å². The second-order valence-electron chi connectivity index (χ2n) is 10.6. The topological polar surface area (TPSA) is 40.8 Å². The summed E-state index contributed by atoms with van der Waals surface area (Å²) in [7, 11) is 1.89. The Morgan fingerprint density at radius 3 is 1.81 bits per heavy atom. The van der Waals surface area contributed by atoms with Crippen molar-refractivity contribution >= 4 is 21.9 Å². The van der Waals surface area contributed by atoms with Gasteiger partial charge in [0.1, 0.15) is 24.0 Å². The molecular formula is C38H26FN2O+. The third-order valence-electron chi connectivity index (χ3n) is 8.01. The van der Waals surface area contributed by atoms with Gasteiger partial charge in [0.2, 0.25) is 5.69 Å². The van der Waals surface area contributed by atoms with Gasteiger partial charge in [-0.1, -0.05) is 91.0 Å². The minimum Gasteiger partial charge on any atom is -0.454 e. The number of hydrogen-bond donors (Lipinski definition) is 0. The Kier molecular flexibility index (Phi) is 6.14. The molecule has 0 radical (unpaired) electrons. The molecule has 0 amide bonds. The van der Waals surface area contributed by atoms with Gasteiger partial charge in [-0.2, -0.15) is 5.26 Å². The third-order valence-corrected chi connectivity index (χ3v) is 8.01. The quantitative estimate of drug-likeness (QED) is 0.207. The van der Waals surface area contributed by atoms with Crippen molar-refractivity contribution in [3.63, 3.8) is 0 Å². The lowest BCUT2D eigenvalue weighted by atomic mass is 9.94. The monoisotopic (exact) mass is 545 g/mol. The second kappa shape index (κ2) is 10.1. The van der Waals surface area contributed by atoms with Crippen LogP contribution in [0.5, 0.6) is 0 Å². The lowest BCUT2D eigenvalue weighted by Crippen LogP contribution is -2.30. The van der Waals surface area contributed by atoms with Gasteiger partial charge in [0, 0.05) is 28.5 Å². The van der Waals surface area contributed by atoms with Gasteiger partial charge in [-0.15, -0.1) is 0 Å². The Hall–Kier alpha value is -5.53. The van der Waals surface area contributed by atoms with Crippen LogP contribution >= 0.6 is 0 Å². The van der Waals surface area contributed by atoms with Gasteiger partial charge in [-0.05, 0) is 52.4 Å². The maximum absolute atomic E-state index is 14.3. The minimum atomic E-state index is -0.308. The molecule has 0 saturated carbocycles. The summed E-state index contributed by atoms with van der Waals surface area (Å²) in [4.78, 5) is 0. The first-order chi connectivity index (χ1) is 20.5. The molecule has 0 atom stereocenters. The SMILES string of the molecule is Cc1ccc2c(oc3c(-c4ccc(-c5ccc(-c6ccccc6)cc5)cc4)c(C#N)ccc32)c1-c1cc(F)cc[n+]1C. The lowest BCUT2D eigenvalue weighted by molar-refractivity contribution is -0.660. The van der Waals surface area contributed by atoms with Crippen LogP contribution in [0, 0.1) is 24.1 Å². The van der Waals surface area contributed by atoms with E-state index in [-0.39, 0.29) is 5.82 Å². The number of aryl methyl sites for hydroxylation is 2. The van der Waals surface area contributed by atoms with Gasteiger partial charge in [0.25, 0.3) is 0 Å². The predicted molar refractivity (Wildman–Crippen MR) is 166 cm³/mol. The largest absolute Gasteiger partial charge is 0.454 e. The van der Waals surface area contributed by atoms with E-state index in [2.05, 4.69) is 54.6 Å². The number of rotatable bonds is 4. The fourth-order valence-electron chi connectivity index (χ4n) is 5.81. The first-order valence-electron chi connectivity index (χ1n) is 13.8. The Balaban J connectivity index is 1.35. The van der Waals surface area contributed by atoms with E-state index in [1.165, 1.54) is 23.3 Å². The molecule has 42 heavy (non-hydrogen) atoms. The molecule has 0 saturated heterocycles. The highest BCUT2D eigenvalue weighted by Crippen LogP contribution is 2.42. The number of halogens is 1. The number of hydrogen-bond acceptors (Lipinski definition) is 2. The zero-order chi connectivity index (χ0) is 28.8. The van der Waals surface area contributed by atoms with Gasteiger partial charge in [0.15, 0.2) is 6.20 Å². The van der Waals surface area contributed by atoms with Crippen LogP contribution < -0.4 is 4.57 Å². The number of nitriles is 1. The van der Waals surface area contributed by atoms with E-state index >= 15 is 0 Å². The second-order valence-corrected chi connectivity index (χ2v) is 10.6. The minimum absolute atomic E-state index is 0.308. The highest BCUT2D eigenvalue weighted by molar-refractivity contribution is 6.14. The summed E-state index contributed by atoms with van der Waals surface area (Å²) in [6.45, 7) is 2.00. The third kappa shape index (κ3) is 4.24. The van der Waals surface area contributed by atoms with Crippen LogP contribution in [0.1, 0.15) is 11.1 Å². The van der Waals surface area contributed by atoms with Gasteiger partial charge >= 0.3 is 0 Å². The molecule has 0 aliphatic rings. The fraction of sp³-hybridized carbons (Fsp3) is 0.0526. The lowest BCUT2D eigenvalue weighted by Gasteiger charge is -2.08. The van der Waals surface area contributed by atoms with Crippen LogP contribution in [-0.2, 0) is 7.05 Å². The molecule has 0 spiro atoms. The molecule has 2 heterocycles. The zero-order valence-electron chi connectivity index (χ0n) is 23.2. The summed E-state index contributed by atoms with van der Waals surface area (Å²) >= 11 is 0. The summed E-state index contributed by atoms with van der Waals surface area (Å²) in [5.74, 6) is -0.308. The summed E-state index contributed by atoms with van der Waals surface area (Å²) in [6, 6.07) is 40.3. The van der Waals surface area contributed by atoms with E-state index in [0.29, 0.717) is 16.7 Å². The van der Waals surface area contributed by atoms with E-state index in [4.69, 9.17) is 4.42 Å². The Bertz CT molecular complexity index is 2150. The van der Waals surface area contributed by atoms with Crippen molar-refractivity contribution in [1.82, 2.24) is 0 Å². The maximum Gasteiger partial charge on any atom is 0.219 e. The van der Waals surface area contributed by atoms with Crippen molar-refractivity contribution in [2.24, 2.45) is 7.05 Å². The molecule has 3 nitrogen and oxygen atoms in total. The first-order valence-corrected chi connectivity index (χ1v) is 13.8. The molecule has 0 aliphatic heterocycles. The van der Waals surface area contributed by atoms with Gasteiger partial charge < -0.3 is 4.42 Å². The van der Waals surface area contributed by atoms with Crippen LogP contribution in [-0.4, -0.2) is 0 Å². The fourth-order valence-corrected chi connectivity index (χ4v) is 5.81. The predicted octanol–water partition coefficient (Wildman–Crippen LogP) is 9.40. The van der Waals surface area contributed by atoms with Crippen molar-refractivity contribution < 1.29 is 13.4 Å². The van der Waals surface area contributed by atoms with Gasteiger partial charge in [-0.3, -0.25) is 0 Å². The van der Waals surface area contributed by atoms with Crippen molar-refractivity contribution in [3.05, 3.63) is 138 Å². The first kappa shape index (κ1) is 25.4. The number of benzene rings is 5. The molecule has 7 rings (SSSR count). The van der Waals surface area contributed by atoms with Gasteiger partial charge in [0.05, 0.1) is 17.2 Å². The van der Waals surface area contributed by atoms with Crippen molar-refractivity contribution in [1.29, 1.82) is 5.26 Å². The maximum atomic E-state index is 14.3. The summed E-state index contributed by atoms with van der Waals surface area (Å²) in [6.07, 6.45) is 1.71. The van der Waals surface area contributed by atoms with Crippen molar-refractivity contribution in [2.75, 3.05) is 0 Å². The molecule has 0 N–H and O–H groups in total. The van der Waals surface area contributed by atoms with Crippen molar-refractivity contribution in [2.45, 2.75) is 6.92 Å². The number of pyridine rings is 1. The average Bonchev–Trinajstić information content (AvgIpc) is 3.41. The van der Waals surface area contributed by atoms with Gasteiger partial charge in [-0.25, -0.2) is 8.96 Å². The molecule has 200 valence electrons. The Labute approximate surface area is 243 Å². The Morgan fingerprint density at radius 1 is 0.643 bits per heavy atom. The molecule has 5 aromatic carbocycles. The summed E-state index contributed by atoms with van der Waals surface area (Å²) < 4.78 is 22.8. The summed E-state index contributed by atoms with van der Waals surface area (Å²) in [5, 5.41) is 11.9. The molecule has 7 aromatic rings. The van der Waals surface area contributed by atoms with Crippen LogP contribution in [0.3, 0.4) is 0 Å². The molecule has 0 fully saturated rings. The van der Waals surface area contributed by atoms with Crippen LogP contribution in [0.4, 0.5) is 4.39 Å². The van der Waals surface area contributed by atoms with Crippen molar-refractivity contribution in [3.8, 4) is 50.7 Å². The summed E-state index contributed by atoms with van der Waals surface area (Å²) in [5.41, 5.74) is 10.6. The highest BCUT2D eigenvalue weighted by atomic mass is 19.1. The van der Waals surface area contributed by atoms with E-state index in [1.807, 2.05) is 73.1 Å². The molecular weight excluding hydrogens is 519 g/mol. The zero-order valence-corrected chi connectivity index (χ0v) is 23.2. The molecule has 0 unspecified atom stereocenters.